The molecular weight excluding hydrogens is 262 g/mol. The molecule has 0 fully saturated rings. The van der Waals surface area contributed by atoms with E-state index in [1.54, 1.807) is 13.2 Å². The number of hydrogen-bond donors (Lipinski definition) is 1. The SMILES string of the molecule is CCS(=O)CCNc1cc(Cl)nc(COC)n1. The highest BCUT2D eigenvalue weighted by Crippen LogP contribution is 2.11. The van der Waals surface area contributed by atoms with E-state index in [1.807, 2.05) is 6.92 Å². The molecule has 0 aliphatic rings. The van der Waals surface area contributed by atoms with Gasteiger partial charge in [0.2, 0.25) is 0 Å². The molecule has 0 saturated heterocycles. The Bertz CT molecular complexity index is 390. The van der Waals surface area contributed by atoms with Crippen LogP contribution in [0.1, 0.15) is 12.7 Å². The van der Waals surface area contributed by atoms with Gasteiger partial charge in [-0.1, -0.05) is 18.5 Å². The first-order valence-corrected chi connectivity index (χ1v) is 7.13. The molecule has 0 aliphatic carbocycles. The number of hydrogen-bond acceptors (Lipinski definition) is 5. The molecule has 1 aromatic rings. The maximum Gasteiger partial charge on any atom is 0.158 e. The largest absolute Gasteiger partial charge is 0.377 e. The fourth-order valence-corrected chi connectivity index (χ4v) is 2.01. The van der Waals surface area contributed by atoms with E-state index in [0.717, 1.165) is 0 Å². The van der Waals surface area contributed by atoms with Crippen LogP contribution in [0.3, 0.4) is 0 Å². The molecule has 1 atom stereocenters. The number of nitrogens with one attached hydrogen (secondary N) is 1. The number of aromatic nitrogens is 2. The van der Waals surface area contributed by atoms with Crippen LogP contribution in [-0.2, 0) is 22.1 Å². The Balaban J connectivity index is 2.55. The second-order valence-electron chi connectivity index (χ2n) is 3.28. The minimum atomic E-state index is -0.778. The first-order chi connectivity index (χ1) is 8.15. The van der Waals surface area contributed by atoms with E-state index >= 15 is 0 Å². The molecule has 1 aromatic heterocycles. The van der Waals surface area contributed by atoms with Crippen molar-refractivity contribution in [3.05, 3.63) is 17.0 Å². The zero-order valence-electron chi connectivity index (χ0n) is 9.90. The van der Waals surface area contributed by atoms with Gasteiger partial charge in [-0.25, -0.2) is 9.97 Å². The van der Waals surface area contributed by atoms with Gasteiger partial charge in [-0.3, -0.25) is 4.21 Å². The van der Waals surface area contributed by atoms with E-state index in [9.17, 15) is 4.21 Å². The summed E-state index contributed by atoms with van der Waals surface area (Å²) < 4.78 is 16.2. The zero-order valence-corrected chi connectivity index (χ0v) is 11.5. The highest BCUT2D eigenvalue weighted by atomic mass is 35.5. The molecule has 0 aliphatic heterocycles. The van der Waals surface area contributed by atoms with E-state index in [0.29, 0.717) is 41.5 Å². The molecule has 17 heavy (non-hydrogen) atoms. The Labute approximate surface area is 108 Å². The van der Waals surface area contributed by atoms with Crippen molar-refractivity contribution in [2.45, 2.75) is 13.5 Å². The van der Waals surface area contributed by atoms with Gasteiger partial charge in [0, 0.05) is 42.0 Å². The summed E-state index contributed by atoms with van der Waals surface area (Å²) >= 11 is 5.85. The van der Waals surface area contributed by atoms with Gasteiger partial charge in [-0.05, 0) is 0 Å². The van der Waals surface area contributed by atoms with E-state index in [1.165, 1.54) is 0 Å². The fraction of sp³-hybridized carbons (Fsp3) is 0.600. The standard InChI is InChI=1S/C10H16ClN3O2S/c1-3-17(15)5-4-12-9-6-8(11)13-10(14-9)7-16-2/h6H,3-5,7H2,1-2H3,(H,12,13,14). The minimum Gasteiger partial charge on any atom is -0.377 e. The topological polar surface area (TPSA) is 64.1 Å². The van der Waals surface area contributed by atoms with Crippen LogP contribution in [0.15, 0.2) is 6.07 Å². The molecule has 0 saturated carbocycles. The Morgan fingerprint density at radius 3 is 2.94 bits per heavy atom. The molecule has 0 bridgehead atoms. The summed E-state index contributed by atoms with van der Waals surface area (Å²) in [5, 5.41) is 3.43. The molecule has 0 amide bonds. The van der Waals surface area contributed by atoms with Crippen LogP contribution in [0.25, 0.3) is 0 Å². The van der Waals surface area contributed by atoms with Crippen molar-refractivity contribution >= 4 is 28.2 Å². The summed E-state index contributed by atoms with van der Waals surface area (Å²) in [4.78, 5) is 8.23. The average molecular weight is 278 g/mol. The predicted octanol–water partition coefficient (Wildman–Crippen LogP) is 1.46. The van der Waals surface area contributed by atoms with Gasteiger partial charge >= 0.3 is 0 Å². The molecule has 1 unspecified atom stereocenters. The lowest BCUT2D eigenvalue weighted by Gasteiger charge is -2.07. The van der Waals surface area contributed by atoms with Gasteiger partial charge in [0.15, 0.2) is 5.82 Å². The third-order valence-corrected chi connectivity index (χ3v) is 3.47. The molecular formula is C10H16ClN3O2S. The van der Waals surface area contributed by atoms with E-state index in [-0.39, 0.29) is 0 Å². The lowest BCUT2D eigenvalue weighted by atomic mass is 10.5. The van der Waals surface area contributed by atoms with Gasteiger partial charge in [0.1, 0.15) is 17.6 Å². The van der Waals surface area contributed by atoms with Crippen molar-refractivity contribution in [3.8, 4) is 0 Å². The summed E-state index contributed by atoms with van der Waals surface area (Å²) in [5.41, 5.74) is 0. The van der Waals surface area contributed by atoms with Crippen molar-refractivity contribution in [1.82, 2.24) is 9.97 Å². The summed E-state index contributed by atoms with van der Waals surface area (Å²) in [6.07, 6.45) is 0. The van der Waals surface area contributed by atoms with Crippen molar-refractivity contribution in [2.24, 2.45) is 0 Å². The predicted molar refractivity (Wildman–Crippen MR) is 69.8 cm³/mol. The maximum atomic E-state index is 11.2. The van der Waals surface area contributed by atoms with E-state index < -0.39 is 10.8 Å². The summed E-state index contributed by atoms with van der Waals surface area (Å²) in [6, 6.07) is 1.63. The Morgan fingerprint density at radius 1 is 1.53 bits per heavy atom. The number of methoxy groups -OCH3 is 1. The maximum absolute atomic E-state index is 11.2. The smallest absolute Gasteiger partial charge is 0.158 e. The van der Waals surface area contributed by atoms with Crippen LogP contribution in [0, 0.1) is 0 Å². The molecule has 96 valence electrons. The van der Waals surface area contributed by atoms with E-state index in [4.69, 9.17) is 16.3 Å². The Kier molecular flexibility index (Phi) is 6.39. The van der Waals surface area contributed by atoms with Crippen LogP contribution < -0.4 is 5.32 Å². The van der Waals surface area contributed by atoms with Crippen molar-refractivity contribution < 1.29 is 8.95 Å². The average Bonchev–Trinajstić information content (AvgIpc) is 2.28. The highest BCUT2D eigenvalue weighted by Gasteiger charge is 2.03. The normalized spacial score (nSPS) is 12.4. The molecule has 7 heteroatoms. The first kappa shape index (κ1) is 14.3. The fourth-order valence-electron chi connectivity index (χ4n) is 1.19. The molecule has 1 heterocycles. The van der Waals surface area contributed by atoms with Crippen molar-refractivity contribution in [3.63, 3.8) is 0 Å². The summed E-state index contributed by atoms with van der Waals surface area (Å²) in [7, 11) is 0.793. The van der Waals surface area contributed by atoms with Gasteiger partial charge in [-0.2, -0.15) is 0 Å². The summed E-state index contributed by atoms with van der Waals surface area (Å²) in [6.45, 7) is 2.81. The van der Waals surface area contributed by atoms with E-state index in [2.05, 4.69) is 15.3 Å². The molecule has 0 spiro atoms. The molecule has 1 N–H and O–H groups in total. The first-order valence-electron chi connectivity index (χ1n) is 5.27. The number of anilines is 1. The highest BCUT2D eigenvalue weighted by molar-refractivity contribution is 7.84. The quantitative estimate of drug-likeness (QED) is 0.765. The lowest BCUT2D eigenvalue weighted by molar-refractivity contribution is 0.178. The van der Waals surface area contributed by atoms with Gasteiger partial charge in [0.05, 0.1) is 0 Å². The molecule has 1 rings (SSSR count). The van der Waals surface area contributed by atoms with Crippen LogP contribution in [0.5, 0.6) is 0 Å². The number of ether oxygens (including phenoxy) is 1. The van der Waals surface area contributed by atoms with Crippen LogP contribution in [0.2, 0.25) is 5.15 Å². The van der Waals surface area contributed by atoms with Crippen molar-refractivity contribution in [1.29, 1.82) is 0 Å². The summed E-state index contributed by atoms with van der Waals surface area (Å²) in [5.74, 6) is 2.42. The van der Waals surface area contributed by atoms with Gasteiger partial charge < -0.3 is 10.1 Å². The van der Waals surface area contributed by atoms with Crippen LogP contribution in [-0.4, -0.2) is 39.3 Å². The second-order valence-corrected chi connectivity index (χ2v) is 5.54. The Morgan fingerprint density at radius 2 is 2.29 bits per heavy atom. The molecule has 0 radical (unpaired) electrons. The van der Waals surface area contributed by atoms with Gasteiger partial charge in [0.25, 0.3) is 0 Å². The van der Waals surface area contributed by atoms with Gasteiger partial charge in [-0.15, -0.1) is 0 Å². The number of rotatable bonds is 7. The Hall–Kier alpha value is -0.720. The number of halogens is 1. The third-order valence-electron chi connectivity index (χ3n) is 1.97. The van der Waals surface area contributed by atoms with Crippen LogP contribution >= 0.6 is 11.6 Å². The lowest BCUT2D eigenvalue weighted by Crippen LogP contribution is -2.13. The zero-order chi connectivity index (χ0) is 12.7. The second kappa shape index (κ2) is 7.58. The number of nitrogens with zero attached hydrogens (tertiary/aromatic N) is 2. The van der Waals surface area contributed by atoms with Crippen LogP contribution in [0.4, 0.5) is 5.82 Å². The monoisotopic (exact) mass is 277 g/mol. The third kappa shape index (κ3) is 5.43. The minimum absolute atomic E-state index is 0.316. The van der Waals surface area contributed by atoms with Crippen molar-refractivity contribution in [2.75, 3.05) is 30.5 Å². The molecule has 5 nitrogen and oxygen atoms in total. The molecule has 0 aromatic carbocycles.